The lowest BCUT2D eigenvalue weighted by atomic mass is 10.1. The maximum Gasteiger partial charge on any atom is 0.171 e. The standard InChI is InChI=1S/C15H17N5/c16-11-13-14(17)20(12-7-3-1-4-8-12)18-15(13)19-9-5-2-6-10-19/h1,3-4,7-8H,2,5-6,9-10,17H2. The predicted molar refractivity (Wildman–Crippen MR) is 78.8 cm³/mol. The summed E-state index contributed by atoms with van der Waals surface area (Å²) in [6, 6.07) is 11.9. The van der Waals surface area contributed by atoms with Crippen LogP contribution in [-0.4, -0.2) is 22.9 Å². The molecule has 1 aromatic carbocycles. The average molecular weight is 267 g/mol. The van der Waals surface area contributed by atoms with Crippen LogP contribution in [0.4, 0.5) is 11.6 Å². The monoisotopic (exact) mass is 267 g/mol. The zero-order valence-electron chi connectivity index (χ0n) is 11.3. The van der Waals surface area contributed by atoms with Gasteiger partial charge in [0.15, 0.2) is 5.82 Å². The molecule has 2 aromatic rings. The van der Waals surface area contributed by atoms with E-state index in [1.807, 2.05) is 30.3 Å². The third kappa shape index (κ3) is 2.10. The molecule has 1 aromatic heterocycles. The summed E-state index contributed by atoms with van der Waals surface area (Å²) in [5, 5.41) is 13.9. The molecule has 3 rings (SSSR count). The van der Waals surface area contributed by atoms with Gasteiger partial charge in [-0.25, -0.2) is 4.68 Å². The maximum atomic E-state index is 9.38. The van der Waals surface area contributed by atoms with Crippen molar-refractivity contribution in [1.82, 2.24) is 9.78 Å². The predicted octanol–water partition coefficient (Wildman–Crippen LogP) is 2.32. The average Bonchev–Trinajstić information content (AvgIpc) is 2.86. The summed E-state index contributed by atoms with van der Waals surface area (Å²) in [4.78, 5) is 2.16. The Morgan fingerprint density at radius 1 is 1.10 bits per heavy atom. The highest BCUT2D eigenvalue weighted by Crippen LogP contribution is 2.28. The van der Waals surface area contributed by atoms with E-state index < -0.39 is 0 Å². The fourth-order valence-corrected chi connectivity index (χ4v) is 2.62. The van der Waals surface area contributed by atoms with Crippen LogP contribution < -0.4 is 10.6 Å². The molecular weight excluding hydrogens is 250 g/mol. The lowest BCUT2D eigenvalue weighted by Crippen LogP contribution is -2.30. The Balaban J connectivity index is 2.05. The first kappa shape index (κ1) is 12.5. The highest BCUT2D eigenvalue weighted by molar-refractivity contribution is 5.67. The SMILES string of the molecule is N#Cc1c(N2CCCCC2)nn(-c2ccccc2)c1N. The zero-order chi connectivity index (χ0) is 13.9. The van der Waals surface area contributed by atoms with E-state index in [0.29, 0.717) is 17.2 Å². The number of nitrogens with zero attached hydrogens (tertiary/aromatic N) is 4. The summed E-state index contributed by atoms with van der Waals surface area (Å²) in [6.45, 7) is 1.89. The van der Waals surface area contributed by atoms with Crippen molar-refractivity contribution in [3.63, 3.8) is 0 Å². The number of para-hydroxylation sites is 1. The van der Waals surface area contributed by atoms with E-state index in [1.54, 1.807) is 4.68 Å². The molecule has 2 N–H and O–H groups in total. The second-order valence-electron chi connectivity index (χ2n) is 4.99. The van der Waals surface area contributed by atoms with Crippen LogP contribution in [0, 0.1) is 11.3 Å². The molecule has 0 bridgehead atoms. The van der Waals surface area contributed by atoms with Crippen molar-refractivity contribution in [3.8, 4) is 11.8 Å². The Morgan fingerprint density at radius 3 is 2.45 bits per heavy atom. The molecule has 0 spiro atoms. The summed E-state index contributed by atoms with van der Waals surface area (Å²) in [5.41, 5.74) is 7.47. The zero-order valence-corrected chi connectivity index (χ0v) is 11.3. The summed E-state index contributed by atoms with van der Waals surface area (Å²) < 4.78 is 1.66. The van der Waals surface area contributed by atoms with Gasteiger partial charge in [0.1, 0.15) is 17.5 Å². The van der Waals surface area contributed by atoms with Gasteiger partial charge in [0.25, 0.3) is 0 Å². The second kappa shape index (κ2) is 5.25. The molecule has 2 heterocycles. The topological polar surface area (TPSA) is 70.9 Å². The van der Waals surface area contributed by atoms with Crippen LogP contribution in [0.1, 0.15) is 24.8 Å². The van der Waals surface area contributed by atoms with E-state index in [0.717, 1.165) is 31.6 Å². The number of nitrogen functional groups attached to an aromatic ring is 1. The highest BCUT2D eigenvalue weighted by atomic mass is 15.4. The van der Waals surface area contributed by atoms with E-state index in [4.69, 9.17) is 5.73 Å². The van der Waals surface area contributed by atoms with E-state index in [2.05, 4.69) is 16.1 Å². The third-order valence-corrected chi connectivity index (χ3v) is 3.67. The van der Waals surface area contributed by atoms with E-state index in [1.165, 1.54) is 6.42 Å². The van der Waals surface area contributed by atoms with E-state index >= 15 is 0 Å². The molecule has 1 aliphatic heterocycles. The van der Waals surface area contributed by atoms with Crippen LogP contribution >= 0.6 is 0 Å². The Morgan fingerprint density at radius 2 is 1.80 bits per heavy atom. The lowest BCUT2D eigenvalue weighted by Gasteiger charge is -2.26. The van der Waals surface area contributed by atoms with Crippen molar-refractivity contribution in [2.24, 2.45) is 0 Å². The molecule has 0 saturated carbocycles. The first-order chi connectivity index (χ1) is 9.81. The van der Waals surface area contributed by atoms with Gasteiger partial charge in [0.05, 0.1) is 5.69 Å². The minimum absolute atomic E-state index is 0.416. The van der Waals surface area contributed by atoms with Gasteiger partial charge in [-0.3, -0.25) is 0 Å². The summed E-state index contributed by atoms with van der Waals surface area (Å²) >= 11 is 0. The third-order valence-electron chi connectivity index (χ3n) is 3.67. The summed E-state index contributed by atoms with van der Waals surface area (Å²) in [6.07, 6.45) is 3.53. The number of nitriles is 1. The molecule has 0 radical (unpaired) electrons. The van der Waals surface area contributed by atoms with Gasteiger partial charge in [0.2, 0.25) is 0 Å². The molecule has 20 heavy (non-hydrogen) atoms. The van der Waals surface area contributed by atoms with E-state index in [9.17, 15) is 5.26 Å². The summed E-state index contributed by atoms with van der Waals surface area (Å²) in [5.74, 6) is 1.13. The molecule has 1 fully saturated rings. The largest absolute Gasteiger partial charge is 0.382 e. The van der Waals surface area contributed by atoms with Crippen molar-refractivity contribution in [2.45, 2.75) is 19.3 Å². The summed E-state index contributed by atoms with van der Waals surface area (Å²) in [7, 11) is 0. The van der Waals surface area contributed by atoms with Gasteiger partial charge in [0, 0.05) is 13.1 Å². The van der Waals surface area contributed by atoms with Gasteiger partial charge in [-0.1, -0.05) is 18.2 Å². The number of benzene rings is 1. The van der Waals surface area contributed by atoms with Crippen LogP contribution in [-0.2, 0) is 0 Å². The van der Waals surface area contributed by atoms with Crippen LogP contribution in [0.5, 0.6) is 0 Å². The minimum Gasteiger partial charge on any atom is -0.382 e. The Hall–Kier alpha value is -2.48. The van der Waals surface area contributed by atoms with Gasteiger partial charge < -0.3 is 10.6 Å². The number of hydrogen-bond acceptors (Lipinski definition) is 4. The maximum absolute atomic E-state index is 9.38. The van der Waals surface area contributed by atoms with Crippen molar-refractivity contribution >= 4 is 11.6 Å². The number of rotatable bonds is 2. The first-order valence-corrected chi connectivity index (χ1v) is 6.90. The quantitative estimate of drug-likeness (QED) is 0.906. The van der Waals surface area contributed by atoms with Crippen molar-refractivity contribution in [2.75, 3.05) is 23.7 Å². The highest BCUT2D eigenvalue weighted by Gasteiger charge is 2.22. The molecule has 102 valence electrons. The fourth-order valence-electron chi connectivity index (χ4n) is 2.62. The molecule has 1 aliphatic rings. The van der Waals surface area contributed by atoms with Crippen molar-refractivity contribution < 1.29 is 0 Å². The van der Waals surface area contributed by atoms with Gasteiger partial charge in [-0.15, -0.1) is 5.10 Å². The Kier molecular flexibility index (Phi) is 3.30. The van der Waals surface area contributed by atoms with Gasteiger partial charge in [-0.2, -0.15) is 5.26 Å². The molecule has 5 nitrogen and oxygen atoms in total. The number of anilines is 2. The minimum atomic E-state index is 0.416. The smallest absolute Gasteiger partial charge is 0.171 e. The fraction of sp³-hybridized carbons (Fsp3) is 0.333. The van der Waals surface area contributed by atoms with Crippen LogP contribution in [0.25, 0.3) is 5.69 Å². The number of aromatic nitrogens is 2. The molecule has 0 aliphatic carbocycles. The van der Waals surface area contributed by atoms with Crippen molar-refractivity contribution in [3.05, 3.63) is 35.9 Å². The molecule has 0 atom stereocenters. The first-order valence-electron chi connectivity index (χ1n) is 6.90. The Bertz CT molecular complexity index is 632. The number of piperidine rings is 1. The lowest BCUT2D eigenvalue weighted by molar-refractivity contribution is 0.571. The Labute approximate surface area is 118 Å². The van der Waals surface area contributed by atoms with Crippen LogP contribution in [0.3, 0.4) is 0 Å². The number of nitrogens with two attached hydrogens (primary N) is 1. The second-order valence-corrected chi connectivity index (χ2v) is 4.99. The van der Waals surface area contributed by atoms with E-state index in [-0.39, 0.29) is 0 Å². The van der Waals surface area contributed by atoms with Crippen molar-refractivity contribution in [1.29, 1.82) is 5.26 Å². The molecule has 0 unspecified atom stereocenters. The molecule has 5 heteroatoms. The van der Waals surface area contributed by atoms with Crippen LogP contribution in [0.2, 0.25) is 0 Å². The normalized spacial score (nSPS) is 15.1. The molecule has 1 saturated heterocycles. The molecule has 0 amide bonds. The van der Waals surface area contributed by atoms with Gasteiger partial charge >= 0.3 is 0 Å². The number of hydrogen-bond donors (Lipinski definition) is 1. The van der Waals surface area contributed by atoms with Gasteiger partial charge in [-0.05, 0) is 31.4 Å². The molecular formula is C15H17N5. The van der Waals surface area contributed by atoms with Crippen LogP contribution in [0.15, 0.2) is 30.3 Å².